The lowest BCUT2D eigenvalue weighted by Gasteiger charge is -2.05. The number of benzene rings is 1. The van der Waals surface area contributed by atoms with Crippen molar-refractivity contribution in [2.24, 2.45) is 0 Å². The normalized spacial score (nSPS) is 9.77. The monoisotopic (exact) mass is 200 g/mol. The van der Waals surface area contributed by atoms with Gasteiger partial charge in [-0.05, 0) is 12.3 Å². The van der Waals surface area contributed by atoms with Gasteiger partial charge in [-0.2, -0.15) is 0 Å². The highest BCUT2D eigenvalue weighted by Gasteiger charge is 2.08. The van der Waals surface area contributed by atoms with Crippen LogP contribution in [0, 0.1) is 5.82 Å². The summed E-state index contributed by atoms with van der Waals surface area (Å²) in [5.41, 5.74) is 0.369. The number of carbonyl (C=O) groups excluding carboxylic acids is 1. The number of halogens is 1. The molecule has 0 N–H and O–H groups in total. The Morgan fingerprint density at radius 1 is 1.54 bits per heavy atom. The van der Waals surface area contributed by atoms with E-state index in [4.69, 9.17) is 4.74 Å². The number of hydrogen-bond donors (Lipinski definition) is 0. The summed E-state index contributed by atoms with van der Waals surface area (Å²) in [6.07, 6.45) is 2.40. The van der Waals surface area contributed by atoms with E-state index in [-0.39, 0.29) is 11.6 Å². The molecular weight excluding hydrogens is 191 g/mol. The molecule has 0 aliphatic rings. The third-order valence-corrected chi connectivity index (χ3v) is 2.38. The maximum atomic E-state index is 13.1. The second kappa shape index (κ2) is 4.28. The Hall–Kier alpha value is -1.03. The van der Waals surface area contributed by atoms with Crippen LogP contribution in [0.15, 0.2) is 17.0 Å². The molecule has 0 amide bonds. The van der Waals surface area contributed by atoms with E-state index >= 15 is 0 Å². The van der Waals surface area contributed by atoms with Gasteiger partial charge in [-0.3, -0.25) is 4.79 Å². The van der Waals surface area contributed by atoms with Crippen LogP contribution in [0.25, 0.3) is 0 Å². The van der Waals surface area contributed by atoms with Gasteiger partial charge >= 0.3 is 0 Å². The molecule has 0 aliphatic heterocycles. The molecule has 0 saturated carbocycles. The van der Waals surface area contributed by atoms with Gasteiger partial charge in [-0.25, -0.2) is 4.39 Å². The van der Waals surface area contributed by atoms with Crippen LogP contribution in [0.4, 0.5) is 4.39 Å². The maximum Gasteiger partial charge on any atom is 0.153 e. The Balaban J connectivity index is 3.26. The Morgan fingerprint density at radius 3 is 2.69 bits per heavy atom. The number of carbonyl (C=O) groups is 1. The average molecular weight is 200 g/mol. The first-order valence-electron chi connectivity index (χ1n) is 3.59. The lowest BCUT2D eigenvalue weighted by molar-refractivity contribution is 0.112. The van der Waals surface area contributed by atoms with Gasteiger partial charge < -0.3 is 4.74 Å². The van der Waals surface area contributed by atoms with Crippen LogP contribution in [0.3, 0.4) is 0 Å². The molecule has 0 bridgehead atoms. The van der Waals surface area contributed by atoms with Crippen molar-refractivity contribution in [3.63, 3.8) is 0 Å². The fraction of sp³-hybridized carbons (Fsp3) is 0.222. The molecule has 0 heterocycles. The third kappa shape index (κ3) is 2.01. The highest BCUT2D eigenvalue weighted by Crippen LogP contribution is 2.26. The van der Waals surface area contributed by atoms with Crippen LogP contribution >= 0.6 is 11.8 Å². The van der Waals surface area contributed by atoms with E-state index < -0.39 is 0 Å². The summed E-state index contributed by atoms with van der Waals surface area (Å²) in [7, 11) is 1.40. The maximum absolute atomic E-state index is 13.1. The highest BCUT2D eigenvalue weighted by atomic mass is 32.2. The fourth-order valence-corrected chi connectivity index (χ4v) is 1.47. The van der Waals surface area contributed by atoms with Gasteiger partial charge in [0.15, 0.2) is 6.29 Å². The molecule has 0 saturated heterocycles. The molecule has 1 rings (SSSR count). The van der Waals surface area contributed by atoms with Crippen molar-refractivity contribution in [1.29, 1.82) is 0 Å². The second-order valence-electron chi connectivity index (χ2n) is 2.35. The smallest absolute Gasteiger partial charge is 0.153 e. The number of hydrogen-bond acceptors (Lipinski definition) is 3. The lowest BCUT2D eigenvalue weighted by Crippen LogP contribution is -1.93. The van der Waals surface area contributed by atoms with Crippen molar-refractivity contribution < 1.29 is 13.9 Å². The van der Waals surface area contributed by atoms with Crippen LogP contribution in [0.5, 0.6) is 5.75 Å². The van der Waals surface area contributed by atoms with Gasteiger partial charge in [0, 0.05) is 11.0 Å². The minimum absolute atomic E-state index is 0.269. The van der Waals surface area contributed by atoms with E-state index in [1.165, 1.54) is 31.0 Å². The Morgan fingerprint density at radius 2 is 2.23 bits per heavy atom. The van der Waals surface area contributed by atoms with Crippen molar-refractivity contribution in [2.45, 2.75) is 4.90 Å². The molecule has 0 radical (unpaired) electrons. The highest BCUT2D eigenvalue weighted by molar-refractivity contribution is 7.98. The van der Waals surface area contributed by atoms with Crippen molar-refractivity contribution >= 4 is 18.0 Å². The zero-order valence-corrected chi connectivity index (χ0v) is 8.15. The van der Waals surface area contributed by atoms with Gasteiger partial charge in [-0.1, -0.05) is 0 Å². The van der Waals surface area contributed by atoms with Crippen LogP contribution < -0.4 is 4.74 Å². The van der Waals surface area contributed by atoms with E-state index in [2.05, 4.69) is 0 Å². The number of methoxy groups -OCH3 is 1. The summed E-state index contributed by atoms with van der Waals surface area (Å²) in [5, 5.41) is 0. The first-order chi connectivity index (χ1) is 6.22. The Labute approximate surface area is 80.1 Å². The largest absolute Gasteiger partial charge is 0.496 e. The molecule has 2 nitrogen and oxygen atoms in total. The van der Waals surface area contributed by atoms with Crippen LogP contribution in [-0.2, 0) is 0 Å². The third-order valence-electron chi connectivity index (χ3n) is 1.63. The number of aldehydes is 1. The first-order valence-corrected chi connectivity index (χ1v) is 4.82. The zero-order valence-electron chi connectivity index (χ0n) is 7.33. The summed E-state index contributed by atoms with van der Waals surface area (Å²) < 4.78 is 18.0. The van der Waals surface area contributed by atoms with Gasteiger partial charge in [0.25, 0.3) is 0 Å². The summed E-state index contributed by atoms with van der Waals surface area (Å²) >= 11 is 1.25. The second-order valence-corrected chi connectivity index (χ2v) is 3.19. The minimum Gasteiger partial charge on any atom is -0.496 e. The molecule has 1 aromatic rings. The zero-order chi connectivity index (χ0) is 9.84. The van der Waals surface area contributed by atoms with Crippen LogP contribution in [0.1, 0.15) is 10.4 Å². The fourth-order valence-electron chi connectivity index (χ4n) is 0.976. The molecule has 0 atom stereocenters. The standard InChI is InChI=1S/C9H9FO2S/c1-12-8-4-7(10)9(13-2)3-6(8)5-11/h3-5H,1-2H3. The summed E-state index contributed by atoms with van der Waals surface area (Å²) in [4.78, 5) is 11.0. The molecule has 13 heavy (non-hydrogen) atoms. The van der Waals surface area contributed by atoms with E-state index in [9.17, 15) is 9.18 Å². The summed E-state index contributed by atoms with van der Waals surface area (Å²) in [6.45, 7) is 0. The number of rotatable bonds is 3. The summed E-state index contributed by atoms with van der Waals surface area (Å²) in [6, 6.07) is 2.70. The molecule has 4 heteroatoms. The van der Waals surface area contributed by atoms with Crippen LogP contribution in [0.2, 0.25) is 0 Å². The molecule has 0 aliphatic carbocycles. The van der Waals surface area contributed by atoms with Crippen molar-refractivity contribution in [3.8, 4) is 5.75 Å². The molecule has 0 unspecified atom stereocenters. The van der Waals surface area contributed by atoms with Crippen molar-refractivity contribution in [2.75, 3.05) is 13.4 Å². The minimum atomic E-state index is -0.366. The van der Waals surface area contributed by atoms with Crippen LogP contribution in [-0.4, -0.2) is 19.7 Å². The Bertz CT molecular complexity index is 326. The average Bonchev–Trinajstić information content (AvgIpc) is 2.17. The quantitative estimate of drug-likeness (QED) is 0.553. The van der Waals surface area contributed by atoms with Gasteiger partial charge in [0.1, 0.15) is 11.6 Å². The predicted octanol–water partition coefficient (Wildman–Crippen LogP) is 2.37. The Kier molecular flexibility index (Phi) is 3.31. The van der Waals surface area contributed by atoms with E-state index in [1.807, 2.05) is 0 Å². The van der Waals surface area contributed by atoms with Crippen molar-refractivity contribution in [3.05, 3.63) is 23.5 Å². The van der Waals surface area contributed by atoms with Gasteiger partial charge in [0.05, 0.1) is 12.7 Å². The number of thioether (sulfide) groups is 1. The summed E-state index contributed by atoms with van der Waals surface area (Å²) in [5.74, 6) is -0.0970. The van der Waals surface area contributed by atoms with E-state index in [0.29, 0.717) is 16.7 Å². The molecule has 0 fully saturated rings. The topological polar surface area (TPSA) is 26.3 Å². The molecule has 1 aromatic carbocycles. The van der Waals surface area contributed by atoms with Gasteiger partial charge in [0.2, 0.25) is 0 Å². The predicted molar refractivity (Wildman–Crippen MR) is 50.1 cm³/mol. The first kappa shape index (κ1) is 10.1. The van der Waals surface area contributed by atoms with E-state index in [1.54, 1.807) is 6.26 Å². The van der Waals surface area contributed by atoms with E-state index in [0.717, 1.165) is 0 Å². The number of ether oxygens (including phenoxy) is 1. The van der Waals surface area contributed by atoms with Crippen molar-refractivity contribution in [1.82, 2.24) is 0 Å². The molecule has 70 valence electrons. The van der Waals surface area contributed by atoms with Gasteiger partial charge in [-0.15, -0.1) is 11.8 Å². The molecule has 0 spiro atoms. The SMILES string of the molecule is COc1cc(F)c(SC)cc1C=O. The lowest BCUT2D eigenvalue weighted by atomic mass is 10.2. The molecular formula is C9H9FO2S. The molecule has 0 aromatic heterocycles.